The number of carbonyl (C=O) groups is 2. The van der Waals surface area contributed by atoms with Crippen molar-refractivity contribution in [2.45, 2.75) is 26.2 Å². The Hall–Kier alpha value is -3.78. The van der Waals surface area contributed by atoms with Gasteiger partial charge in [0.15, 0.2) is 11.6 Å². The van der Waals surface area contributed by atoms with E-state index in [1.54, 1.807) is 0 Å². The molecule has 0 saturated carbocycles. The van der Waals surface area contributed by atoms with Crippen molar-refractivity contribution in [1.82, 2.24) is 0 Å². The van der Waals surface area contributed by atoms with Crippen LogP contribution in [-0.2, 0) is 12.8 Å². The first-order chi connectivity index (χ1) is 15.6. The van der Waals surface area contributed by atoms with Gasteiger partial charge >= 0.3 is 0 Å². The zero-order chi connectivity index (χ0) is 22.3. The lowest BCUT2D eigenvalue weighted by Crippen LogP contribution is -2.02. The van der Waals surface area contributed by atoms with Crippen molar-refractivity contribution in [1.29, 1.82) is 0 Å². The molecule has 0 saturated heterocycles. The molecule has 0 bridgehead atoms. The molecule has 0 aromatic heterocycles. The van der Waals surface area contributed by atoms with E-state index in [1.165, 1.54) is 11.1 Å². The summed E-state index contributed by atoms with van der Waals surface area (Å²) < 4.78 is 0. The average molecular weight is 419 g/mol. The molecule has 0 amide bonds. The SMILES string of the molecule is Cc1ccc(C(=O)c2ccc(CCCc3ccc(C(=O)c4ccccc4)cc3)cc2)cc1. The monoisotopic (exact) mass is 418 g/mol. The second kappa shape index (κ2) is 10.0. The van der Waals surface area contributed by atoms with Gasteiger partial charge < -0.3 is 0 Å². The first kappa shape index (κ1) is 21.5. The third-order valence-corrected chi connectivity index (χ3v) is 5.71. The predicted molar refractivity (Wildman–Crippen MR) is 129 cm³/mol. The lowest BCUT2D eigenvalue weighted by atomic mass is 9.98. The van der Waals surface area contributed by atoms with Gasteiger partial charge in [-0.05, 0) is 37.3 Å². The van der Waals surface area contributed by atoms with Gasteiger partial charge in [-0.1, -0.05) is 109 Å². The van der Waals surface area contributed by atoms with Gasteiger partial charge in [0.1, 0.15) is 0 Å². The number of rotatable bonds is 8. The topological polar surface area (TPSA) is 34.1 Å². The molecular formula is C30H26O2. The standard InChI is InChI=1S/C30H26O2/c1-22-10-16-26(17-11-22)30(32)28-20-14-24(15-21-28)7-5-6-23-12-18-27(19-13-23)29(31)25-8-3-2-4-9-25/h2-4,8-21H,5-7H2,1H3. The maximum Gasteiger partial charge on any atom is 0.193 e. The van der Waals surface area contributed by atoms with Crippen LogP contribution in [-0.4, -0.2) is 11.6 Å². The van der Waals surface area contributed by atoms with Gasteiger partial charge in [0.25, 0.3) is 0 Å². The fourth-order valence-corrected chi connectivity index (χ4v) is 3.77. The van der Waals surface area contributed by atoms with Gasteiger partial charge in [0, 0.05) is 22.3 Å². The summed E-state index contributed by atoms with van der Waals surface area (Å²) in [5.41, 5.74) is 6.46. The average Bonchev–Trinajstić information content (AvgIpc) is 2.85. The Kier molecular flexibility index (Phi) is 6.72. The lowest BCUT2D eigenvalue weighted by molar-refractivity contribution is 0.103. The highest BCUT2D eigenvalue weighted by atomic mass is 16.1. The van der Waals surface area contributed by atoms with Crippen molar-refractivity contribution in [3.05, 3.63) is 142 Å². The summed E-state index contributed by atoms with van der Waals surface area (Å²) in [6, 6.07) is 32.9. The maximum absolute atomic E-state index is 12.6. The van der Waals surface area contributed by atoms with Crippen LogP contribution in [0.1, 0.15) is 55.0 Å². The van der Waals surface area contributed by atoms with Crippen LogP contribution in [0, 0.1) is 6.92 Å². The second-order valence-electron chi connectivity index (χ2n) is 8.14. The molecule has 4 rings (SSSR count). The Morgan fingerprint density at radius 2 is 0.875 bits per heavy atom. The molecule has 2 heteroatoms. The van der Waals surface area contributed by atoms with Crippen molar-refractivity contribution < 1.29 is 9.59 Å². The summed E-state index contributed by atoms with van der Waals surface area (Å²) in [6.45, 7) is 2.02. The van der Waals surface area contributed by atoms with Gasteiger partial charge in [-0.3, -0.25) is 9.59 Å². The summed E-state index contributed by atoms with van der Waals surface area (Å²) in [5.74, 6) is 0.110. The summed E-state index contributed by atoms with van der Waals surface area (Å²) >= 11 is 0. The molecule has 0 fully saturated rings. The maximum atomic E-state index is 12.6. The minimum absolute atomic E-state index is 0.0532. The molecular weight excluding hydrogens is 392 g/mol. The second-order valence-corrected chi connectivity index (χ2v) is 8.14. The fraction of sp³-hybridized carbons (Fsp3) is 0.133. The molecule has 0 atom stereocenters. The molecule has 0 aliphatic carbocycles. The van der Waals surface area contributed by atoms with E-state index in [1.807, 2.05) is 110 Å². The van der Waals surface area contributed by atoms with E-state index in [-0.39, 0.29) is 11.6 Å². The van der Waals surface area contributed by atoms with Gasteiger partial charge in [-0.25, -0.2) is 0 Å². The van der Waals surface area contributed by atoms with E-state index in [0.717, 1.165) is 36.0 Å². The van der Waals surface area contributed by atoms with E-state index in [0.29, 0.717) is 11.1 Å². The molecule has 0 radical (unpaired) electrons. The molecule has 0 heterocycles. The molecule has 32 heavy (non-hydrogen) atoms. The minimum atomic E-state index is 0.0532. The third kappa shape index (κ3) is 5.28. The molecule has 158 valence electrons. The summed E-state index contributed by atoms with van der Waals surface area (Å²) in [6.07, 6.45) is 2.91. The summed E-state index contributed by atoms with van der Waals surface area (Å²) in [4.78, 5) is 25.1. The summed E-state index contributed by atoms with van der Waals surface area (Å²) in [5, 5.41) is 0. The first-order valence-electron chi connectivity index (χ1n) is 11.0. The highest BCUT2D eigenvalue weighted by molar-refractivity contribution is 6.09. The quantitative estimate of drug-likeness (QED) is 0.301. The molecule has 0 N–H and O–H groups in total. The van der Waals surface area contributed by atoms with E-state index < -0.39 is 0 Å². The molecule has 4 aromatic carbocycles. The number of hydrogen-bond donors (Lipinski definition) is 0. The van der Waals surface area contributed by atoms with Crippen LogP contribution in [0.4, 0.5) is 0 Å². The first-order valence-corrected chi connectivity index (χ1v) is 11.0. The van der Waals surface area contributed by atoms with Crippen molar-refractivity contribution in [2.24, 2.45) is 0 Å². The number of ketones is 2. The van der Waals surface area contributed by atoms with Crippen LogP contribution in [0.15, 0.2) is 103 Å². The van der Waals surface area contributed by atoms with Crippen molar-refractivity contribution in [2.75, 3.05) is 0 Å². The van der Waals surface area contributed by atoms with E-state index in [9.17, 15) is 9.59 Å². The minimum Gasteiger partial charge on any atom is -0.289 e. The normalized spacial score (nSPS) is 10.7. The fourth-order valence-electron chi connectivity index (χ4n) is 3.77. The van der Waals surface area contributed by atoms with Crippen LogP contribution in [0.2, 0.25) is 0 Å². The number of benzene rings is 4. The van der Waals surface area contributed by atoms with Crippen LogP contribution in [0.5, 0.6) is 0 Å². The Morgan fingerprint density at radius 1 is 0.500 bits per heavy atom. The van der Waals surface area contributed by atoms with E-state index >= 15 is 0 Å². The highest BCUT2D eigenvalue weighted by Gasteiger charge is 2.09. The van der Waals surface area contributed by atoms with E-state index in [2.05, 4.69) is 0 Å². The third-order valence-electron chi connectivity index (χ3n) is 5.71. The van der Waals surface area contributed by atoms with Gasteiger partial charge in [0.2, 0.25) is 0 Å². The number of carbonyl (C=O) groups excluding carboxylic acids is 2. The van der Waals surface area contributed by atoms with Crippen molar-refractivity contribution in [3.8, 4) is 0 Å². The molecule has 2 nitrogen and oxygen atoms in total. The molecule has 4 aromatic rings. The Bertz CT molecular complexity index is 1190. The molecule has 0 unspecified atom stereocenters. The largest absolute Gasteiger partial charge is 0.289 e. The lowest BCUT2D eigenvalue weighted by Gasteiger charge is -2.06. The smallest absolute Gasteiger partial charge is 0.193 e. The zero-order valence-corrected chi connectivity index (χ0v) is 18.3. The van der Waals surface area contributed by atoms with Gasteiger partial charge in [-0.2, -0.15) is 0 Å². The summed E-state index contributed by atoms with van der Waals surface area (Å²) in [7, 11) is 0. The van der Waals surface area contributed by atoms with Gasteiger partial charge in [-0.15, -0.1) is 0 Å². The Balaban J connectivity index is 1.30. The van der Waals surface area contributed by atoms with Crippen LogP contribution >= 0.6 is 0 Å². The molecule has 0 aliphatic heterocycles. The van der Waals surface area contributed by atoms with Crippen LogP contribution in [0.25, 0.3) is 0 Å². The van der Waals surface area contributed by atoms with Crippen LogP contribution in [0.3, 0.4) is 0 Å². The van der Waals surface area contributed by atoms with Crippen molar-refractivity contribution in [3.63, 3.8) is 0 Å². The molecule has 0 aliphatic rings. The van der Waals surface area contributed by atoms with Crippen LogP contribution < -0.4 is 0 Å². The molecule has 0 spiro atoms. The number of hydrogen-bond acceptors (Lipinski definition) is 2. The highest BCUT2D eigenvalue weighted by Crippen LogP contribution is 2.16. The Labute approximate surface area is 189 Å². The number of aryl methyl sites for hydroxylation is 3. The zero-order valence-electron chi connectivity index (χ0n) is 18.3. The van der Waals surface area contributed by atoms with Crippen molar-refractivity contribution >= 4 is 11.6 Å². The predicted octanol–water partition coefficient (Wildman–Crippen LogP) is 6.63. The van der Waals surface area contributed by atoms with E-state index in [4.69, 9.17) is 0 Å². The van der Waals surface area contributed by atoms with Gasteiger partial charge in [0.05, 0.1) is 0 Å². The Morgan fingerprint density at radius 3 is 1.31 bits per heavy atom.